The third kappa shape index (κ3) is 3.63. The molecular weight excluding hydrogens is 262 g/mol. The van der Waals surface area contributed by atoms with E-state index in [1.54, 1.807) is 37.4 Å². The standard InChI is InChI=1S/C14H12ClN3O/c1-10(13-7-2-3-8-16-13)17-18-14(19)11-5-4-6-12(15)9-11/h2-9H,1H3,(H,18,19)/b17-10+. The first kappa shape index (κ1) is 13.2. The van der Waals surface area contributed by atoms with Crippen LogP contribution >= 0.6 is 11.6 Å². The fourth-order valence-corrected chi connectivity index (χ4v) is 1.65. The van der Waals surface area contributed by atoms with Gasteiger partial charge >= 0.3 is 0 Å². The van der Waals surface area contributed by atoms with Crippen molar-refractivity contribution in [2.75, 3.05) is 0 Å². The van der Waals surface area contributed by atoms with E-state index in [4.69, 9.17) is 11.6 Å². The summed E-state index contributed by atoms with van der Waals surface area (Å²) in [6.07, 6.45) is 1.67. The summed E-state index contributed by atoms with van der Waals surface area (Å²) in [7, 11) is 0. The summed E-state index contributed by atoms with van der Waals surface area (Å²) < 4.78 is 0. The smallest absolute Gasteiger partial charge is 0.267 e. The van der Waals surface area contributed by atoms with E-state index in [2.05, 4.69) is 15.5 Å². The molecule has 0 fully saturated rings. The summed E-state index contributed by atoms with van der Waals surface area (Å²) in [6.45, 7) is 1.78. The minimum atomic E-state index is -0.308. The number of nitrogens with one attached hydrogen (secondary N) is 1. The van der Waals surface area contributed by atoms with Gasteiger partial charge in [0.05, 0.1) is 11.4 Å². The molecule has 2 rings (SSSR count). The number of carbonyl (C=O) groups excluding carboxylic acids is 1. The van der Waals surface area contributed by atoms with Gasteiger partial charge in [-0.05, 0) is 37.3 Å². The number of carbonyl (C=O) groups is 1. The highest BCUT2D eigenvalue weighted by molar-refractivity contribution is 6.30. The first-order chi connectivity index (χ1) is 9.16. The summed E-state index contributed by atoms with van der Waals surface area (Å²) in [5.41, 5.74) is 4.29. The lowest BCUT2D eigenvalue weighted by molar-refractivity contribution is 0.0955. The second-order valence-corrected chi connectivity index (χ2v) is 4.30. The van der Waals surface area contributed by atoms with Gasteiger partial charge in [-0.2, -0.15) is 5.10 Å². The fourth-order valence-electron chi connectivity index (χ4n) is 1.46. The lowest BCUT2D eigenvalue weighted by Gasteiger charge is -2.02. The highest BCUT2D eigenvalue weighted by Gasteiger charge is 2.05. The molecule has 4 nitrogen and oxygen atoms in total. The topological polar surface area (TPSA) is 54.4 Å². The number of benzene rings is 1. The molecule has 19 heavy (non-hydrogen) atoms. The Kier molecular flexibility index (Phi) is 4.26. The maximum absolute atomic E-state index is 11.8. The van der Waals surface area contributed by atoms with Crippen LogP contribution < -0.4 is 5.43 Å². The molecule has 0 saturated heterocycles. The summed E-state index contributed by atoms with van der Waals surface area (Å²) in [4.78, 5) is 16.0. The van der Waals surface area contributed by atoms with Crippen molar-refractivity contribution in [2.24, 2.45) is 5.10 Å². The number of halogens is 1. The van der Waals surface area contributed by atoms with E-state index in [1.807, 2.05) is 18.2 Å². The van der Waals surface area contributed by atoms with E-state index in [9.17, 15) is 4.79 Å². The van der Waals surface area contributed by atoms with Gasteiger partial charge in [-0.25, -0.2) is 5.43 Å². The van der Waals surface area contributed by atoms with Crippen LogP contribution in [-0.4, -0.2) is 16.6 Å². The lowest BCUT2D eigenvalue weighted by atomic mass is 10.2. The Hall–Kier alpha value is -2.20. The van der Waals surface area contributed by atoms with Crippen LogP contribution in [0.25, 0.3) is 0 Å². The molecule has 0 bridgehead atoms. The predicted molar refractivity (Wildman–Crippen MR) is 75.4 cm³/mol. The van der Waals surface area contributed by atoms with Gasteiger partial charge in [0.25, 0.3) is 5.91 Å². The maximum atomic E-state index is 11.8. The molecule has 0 spiro atoms. The average molecular weight is 274 g/mol. The lowest BCUT2D eigenvalue weighted by Crippen LogP contribution is -2.19. The Bertz CT molecular complexity index is 611. The molecule has 1 N–H and O–H groups in total. The molecule has 96 valence electrons. The number of rotatable bonds is 3. The second kappa shape index (κ2) is 6.11. The molecule has 0 aliphatic carbocycles. The molecule has 0 atom stereocenters. The summed E-state index contributed by atoms with van der Waals surface area (Å²) in [5, 5.41) is 4.52. The minimum Gasteiger partial charge on any atom is -0.267 e. The van der Waals surface area contributed by atoms with Gasteiger partial charge in [-0.1, -0.05) is 23.7 Å². The molecule has 2 aromatic rings. The van der Waals surface area contributed by atoms with Gasteiger partial charge in [0.2, 0.25) is 0 Å². The van der Waals surface area contributed by atoms with Gasteiger partial charge in [-0.3, -0.25) is 9.78 Å². The minimum absolute atomic E-state index is 0.308. The van der Waals surface area contributed by atoms with Crippen LogP contribution in [0.1, 0.15) is 23.0 Å². The Labute approximate surface area is 116 Å². The van der Waals surface area contributed by atoms with E-state index < -0.39 is 0 Å². The number of nitrogens with zero attached hydrogens (tertiary/aromatic N) is 2. The van der Waals surface area contributed by atoms with Gasteiger partial charge in [0.15, 0.2) is 0 Å². The number of hydrogen-bond donors (Lipinski definition) is 1. The van der Waals surface area contributed by atoms with Crippen LogP contribution in [0.3, 0.4) is 0 Å². The maximum Gasteiger partial charge on any atom is 0.271 e. The highest BCUT2D eigenvalue weighted by Crippen LogP contribution is 2.10. The molecule has 1 aromatic carbocycles. The molecule has 0 aliphatic heterocycles. The van der Waals surface area contributed by atoms with Crippen LogP contribution in [0.2, 0.25) is 5.02 Å². The molecule has 1 aromatic heterocycles. The summed E-state index contributed by atoms with van der Waals surface area (Å²) in [5.74, 6) is -0.308. The average Bonchev–Trinajstić information content (AvgIpc) is 2.45. The predicted octanol–water partition coefficient (Wildman–Crippen LogP) is 2.89. The molecule has 0 unspecified atom stereocenters. The van der Waals surface area contributed by atoms with Crippen molar-refractivity contribution in [1.29, 1.82) is 0 Å². The largest absolute Gasteiger partial charge is 0.271 e. The summed E-state index contributed by atoms with van der Waals surface area (Å²) >= 11 is 5.82. The van der Waals surface area contributed by atoms with E-state index in [1.165, 1.54) is 0 Å². The number of amides is 1. The van der Waals surface area contributed by atoms with Crippen LogP contribution in [0.15, 0.2) is 53.8 Å². The fraction of sp³-hybridized carbons (Fsp3) is 0.0714. The molecule has 5 heteroatoms. The van der Waals surface area contributed by atoms with Gasteiger partial charge in [0, 0.05) is 16.8 Å². The van der Waals surface area contributed by atoms with Crippen LogP contribution in [0.4, 0.5) is 0 Å². The monoisotopic (exact) mass is 273 g/mol. The van der Waals surface area contributed by atoms with E-state index in [0.29, 0.717) is 22.0 Å². The van der Waals surface area contributed by atoms with Crippen molar-refractivity contribution >= 4 is 23.2 Å². The molecule has 0 saturated carbocycles. The van der Waals surface area contributed by atoms with Crippen molar-refractivity contribution in [3.8, 4) is 0 Å². The highest BCUT2D eigenvalue weighted by atomic mass is 35.5. The third-order valence-electron chi connectivity index (χ3n) is 2.45. The summed E-state index contributed by atoms with van der Waals surface area (Å²) in [6, 6.07) is 12.2. The van der Waals surface area contributed by atoms with Crippen molar-refractivity contribution < 1.29 is 4.79 Å². The zero-order valence-electron chi connectivity index (χ0n) is 10.3. The van der Waals surface area contributed by atoms with Crippen LogP contribution in [0, 0.1) is 0 Å². The molecular formula is C14H12ClN3O. The van der Waals surface area contributed by atoms with Crippen molar-refractivity contribution in [3.63, 3.8) is 0 Å². The first-order valence-corrected chi connectivity index (χ1v) is 6.06. The van der Waals surface area contributed by atoms with Gasteiger partial charge < -0.3 is 0 Å². The van der Waals surface area contributed by atoms with Crippen molar-refractivity contribution in [2.45, 2.75) is 6.92 Å². The van der Waals surface area contributed by atoms with Gasteiger partial charge in [-0.15, -0.1) is 0 Å². The Balaban J connectivity index is 2.08. The van der Waals surface area contributed by atoms with Crippen LogP contribution in [-0.2, 0) is 0 Å². The first-order valence-electron chi connectivity index (χ1n) is 5.68. The third-order valence-corrected chi connectivity index (χ3v) is 2.68. The molecule has 0 radical (unpaired) electrons. The zero-order chi connectivity index (χ0) is 13.7. The number of aromatic nitrogens is 1. The number of hydrazone groups is 1. The van der Waals surface area contributed by atoms with Crippen molar-refractivity contribution in [1.82, 2.24) is 10.4 Å². The second-order valence-electron chi connectivity index (χ2n) is 3.86. The SMILES string of the molecule is C/C(=N\NC(=O)c1cccc(Cl)c1)c1ccccn1. The number of pyridine rings is 1. The Morgan fingerprint density at radius 2 is 2.11 bits per heavy atom. The quantitative estimate of drug-likeness (QED) is 0.690. The Morgan fingerprint density at radius 1 is 1.26 bits per heavy atom. The van der Waals surface area contributed by atoms with Crippen molar-refractivity contribution in [3.05, 3.63) is 64.9 Å². The number of hydrogen-bond acceptors (Lipinski definition) is 3. The van der Waals surface area contributed by atoms with Crippen LogP contribution in [0.5, 0.6) is 0 Å². The van der Waals surface area contributed by atoms with E-state index >= 15 is 0 Å². The van der Waals surface area contributed by atoms with E-state index in [0.717, 1.165) is 0 Å². The molecule has 0 aliphatic rings. The Morgan fingerprint density at radius 3 is 2.79 bits per heavy atom. The normalized spacial score (nSPS) is 11.2. The van der Waals surface area contributed by atoms with Gasteiger partial charge in [0.1, 0.15) is 0 Å². The zero-order valence-corrected chi connectivity index (χ0v) is 11.1. The molecule has 1 heterocycles. The molecule has 1 amide bonds. The van der Waals surface area contributed by atoms with E-state index in [-0.39, 0.29) is 5.91 Å².